The Morgan fingerprint density at radius 2 is 1.88 bits per heavy atom. The number of amides is 1. The molecule has 2 aromatic rings. The van der Waals surface area contributed by atoms with Gasteiger partial charge in [0, 0.05) is 6.42 Å². The molecule has 4 nitrogen and oxygen atoms in total. The van der Waals surface area contributed by atoms with Crippen LogP contribution in [0.15, 0.2) is 60.7 Å². The van der Waals surface area contributed by atoms with Crippen molar-refractivity contribution in [3.63, 3.8) is 0 Å². The molecule has 1 heterocycles. The number of benzene rings is 2. The van der Waals surface area contributed by atoms with Crippen molar-refractivity contribution in [1.82, 2.24) is 0 Å². The molecule has 2 aromatic carbocycles. The van der Waals surface area contributed by atoms with Crippen LogP contribution in [0.4, 0.5) is 5.69 Å². The SMILES string of the molecule is CCOc1ccccc1NC(=O)[C@H](C)[NH+]1CC=C(c2ccccc2)CC1. The Morgan fingerprint density at radius 1 is 1.15 bits per heavy atom. The average molecular weight is 351 g/mol. The van der Waals surface area contributed by atoms with Crippen LogP contribution in [0.1, 0.15) is 25.8 Å². The number of anilines is 1. The Labute approximate surface area is 155 Å². The number of nitrogens with one attached hydrogen (secondary N) is 2. The summed E-state index contributed by atoms with van der Waals surface area (Å²) < 4.78 is 5.60. The van der Waals surface area contributed by atoms with Gasteiger partial charge in [-0.25, -0.2) is 0 Å². The normalized spacial score (nSPS) is 17.9. The fourth-order valence-corrected chi connectivity index (χ4v) is 3.34. The van der Waals surface area contributed by atoms with Crippen LogP contribution in [-0.2, 0) is 4.79 Å². The van der Waals surface area contributed by atoms with Gasteiger partial charge in [0.25, 0.3) is 5.91 Å². The Morgan fingerprint density at radius 3 is 2.58 bits per heavy atom. The van der Waals surface area contributed by atoms with Gasteiger partial charge >= 0.3 is 0 Å². The molecule has 0 bridgehead atoms. The maximum absolute atomic E-state index is 12.7. The zero-order valence-electron chi connectivity index (χ0n) is 15.5. The molecule has 0 fully saturated rings. The zero-order chi connectivity index (χ0) is 18.4. The summed E-state index contributed by atoms with van der Waals surface area (Å²) in [5, 5.41) is 3.03. The van der Waals surface area contributed by atoms with Gasteiger partial charge in [-0.05, 0) is 43.2 Å². The van der Waals surface area contributed by atoms with E-state index in [1.165, 1.54) is 16.0 Å². The molecule has 0 saturated carbocycles. The molecule has 0 aromatic heterocycles. The van der Waals surface area contributed by atoms with Gasteiger partial charge in [-0.2, -0.15) is 0 Å². The van der Waals surface area contributed by atoms with E-state index in [-0.39, 0.29) is 11.9 Å². The second-order valence-electron chi connectivity index (χ2n) is 6.60. The topological polar surface area (TPSA) is 42.8 Å². The average Bonchev–Trinajstić information content (AvgIpc) is 2.70. The number of carbonyl (C=O) groups is 1. The predicted octanol–water partition coefficient (Wildman–Crippen LogP) is 2.78. The lowest BCUT2D eigenvalue weighted by Crippen LogP contribution is -3.17. The minimum Gasteiger partial charge on any atom is -0.492 e. The summed E-state index contributed by atoms with van der Waals surface area (Å²) >= 11 is 0. The summed E-state index contributed by atoms with van der Waals surface area (Å²) in [6, 6.07) is 18.0. The van der Waals surface area contributed by atoms with E-state index in [4.69, 9.17) is 4.74 Å². The second-order valence-corrected chi connectivity index (χ2v) is 6.60. The molecular formula is C22H27N2O2+. The van der Waals surface area contributed by atoms with Crippen LogP contribution < -0.4 is 15.0 Å². The molecule has 4 heteroatoms. The number of ether oxygens (including phenoxy) is 1. The molecule has 3 rings (SSSR count). The molecule has 2 N–H and O–H groups in total. The van der Waals surface area contributed by atoms with Crippen LogP contribution in [0.5, 0.6) is 5.75 Å². The minimum atomic E-state index is -0.113. The lowest BCUT2D eigenvalue weighted by Gasteiger charge is -2.28. The maximum Gasteiger partial charge on any atom is 0.282 e. The van der Waals surface area contributed by atoms with E-state index in [0.29, 0.717) is 6.61 Å². The molecule has 0 radical (unpaired) electrons. The van der Waals surface area contributed by atoms with Crippen LogP contribution in [0.25, 0.3) is 5.57 Å². The van der Waals surface area contributed by atoms with E-state index in [2.05, 4.69) is 35.7 Å². The lowest BCUT2D eigenvalue weighted by atomic mass is 9.99. The molecular weight excluding hydrogens is 324 g/mol. The van der Waals surface area contributed by atoms with Crippen molar-refractivity contribution in [2.45, 2.75) is 26.3 Å². The quantitative estimate of drug-likeness (QED) is 0.840. The molecule has 136 valence electrons. The summed E-state index contributed by atoms with van der Waals surface area (Å²) in [4.78, 5) is 14.0. The highest BCUT2D eigenvalue weighted by Crippen LogP contribution is 2.23. The van der Waals surface area contributed by atoms with E-state index in [1.54, 1.807) is 0 Å². The van der Waals surface area contributed by atoms with Gasteiger partial charge in [-0.1, -0.05) is 42.5 Å². The molecule has 2 atom stereocenters. The Balaban J connectivity index is 1.62. The van der Waals surface area contributed by atoms with Crippen molar-refractivity contribution >= 4 is 17.2 Å². The summed E-state index contributed by atoms with van der Waals surface area (Å²) in [5.74, 6) is 0.749. The van der Waals surface area contributed by atoms with Gasteiger partial charge in [0.1, 0.15) is 5.75 Å². The highest BCUT2D eigenvalue weighted by Gasteiger charge is 2.27. The first-order valence-corrected chi connectivity index (χ1v) is 9.30. The van der Waals surface area contributed by atoms with Crippen LogP contribution in [-0.4, -0.2) is 31.6 Å². The monoisotopic (exact) mass is 351 g/mol. The van der Waals surface area contributed by atoms with Gasteiger partial charge in [0.05, 0.1) is 25.4 Å². The minimum absolute atomic E-state index is 0.0312. The molecule has 1 unspecified atom stereocenters. The molecule has 1 aliphatic heterocycles. The number of quaternary nitrogens is 1. The molecule has 1 amide bonds. The summed E-state index contributed by atoms with van der Waals surface area (Å²) in [6.45, 7) is 6.34. The number of hydrogen-bond acceptors (Lipinski definition) is 2. The van der Waals surface area contributed by atoms with Gasteiger partial charge in [0.15, 0.2) is 6.04 Å². The highest BCUT2D eigenvalue weighted by molar-refractivity contribution is 5.95. The molecule has 0 spiro atoms. The maximum atomic E-state index is 12.7. The van der Waals surface area contributed by atoms with Crippen LogP contribution >= 0.6 is 0 Å². The second kappa shape index (κ2) is 8.68. The largest absolute Gasteiger partial charge is 0.492 e. The highest BCUT2D eigenvalue weighted by atomic mass is 16.5. The van der Waals surface area contributed by atoms with Gasteiger partial charge < -0.3 is 15.0 Å². The van der Waals surface area contributed by atoms with Crippen molar-refractivity contribution in [1.29, 1.82) is 0 Å². The first-order chi connectivity index (χ1) is 12.7. The smallest absolute Gasteiger partial charge is 0.282 e. The van der Waals surface area contributed by atoms with Crippen molar-refractivity contribution < 1.29 is 14.4 Å². The lowest BCUT2D eigenvalue weighted by molar-refractivity contribution is -0.909. The van der Waals surface area contributed by atoms with Crippen LogP contribution in [0.3, 0.4) is 0 Å². The van der Waals surface area contributed by atoms with E-state index >= 15 is 0 Å². The number of rotatable bonds is 6. The van der Waals surface area contributed by atoms with Crippen LogP contribution in [0, 0.1) is 0 Å². The number of hydrogen-bond donors (Lipinski definition) is 2. The molecule has 26 heavy (non-hydrogen) atoms. The van der Waals surface area contributed by atoms with E-state index in [0.717, 1.165) is 30.9 Å². The molecule has 0 aliphatic carbocycles. The van der Waals surface area contributed by atoms with Crippen molar-refractivity contribution in [3.05, 3.63) is 66.2 Å². The third-order valence-corrected chi connectivity index (χ3v) is 4.92. The fraction of sp³-hybridized carbons (Fsp3) is 0.318. The summed E-state index contributed by atoms with van der Waals surface area (Å²) in [7, 11) is 0. The third kappa shape index (κ3) is 4.33. The number of para-hydroxylation sites is 2. The third-order valence-electron chi connectivity index (χ3n) is 4.92. The van der Waals surface area contributed by atoms with Crippen LogP contribution in [0.2, 0.25) is 0 Å². The van der Waals surface area contributed by atoms with Gasteiger partial charge in [-0.15, -0.1) is 0 Å². The van der Waals surface area contributed by atoms with Gasteiger partial charge in [0.2, 0.25) is 0 Å². The van der Waals surface area contributed by atoms with E-state index in [9.17, 15) is 4.79 Å². The Kier molecular flexibility index (Phi) is 6.08. The fourth-order valence-electron chi connectivity index (χ4n) is 3.34. The van der Waals surface area contributed by atoms with Gasteiger partial charge in [-0.3, -0.25) is 4.79 Å². The first-order valence-electron chi connectivity index (χ1n) is 9.30. The summed E-state index contributed by atoms with van der Waals surface area (Å²) in [6.07, 6.45) is 3.26. The molecule has 1 aliphatic rings. The summed E-state index contributed by atoms with van der Waals surface area (Å²) in [5.41, 5.74) is 3.40. The first kappa shape index (κ1) is 18.2. The van der Waals surface area contributed by atoms with Crippen molar-refractivity contribution in [2.75, 3.05) is 25.0 Å². The van der Waals surface area contributed by atoms with E-state index < -0.39 is 0 Å². The van der Waals surface area contributed by atoms with E-state index in [1.807, 2.05) is 44.2 Å². The Hall–Kier alpha value is -2.59. The standard InChI is InChI=1S/C22H26N2O2/c1-3-26-21-12-8-7-11-20(21)23-22(25)17(2)24-15-13-19(14-16-24)18-9-5-4-6-10-18/h4-13,17H,3,14-16H2,1-2H3,(H,23,25)/p+1/t17-/m0/s1. The Bertz CT molecular complexity index is 771. The van der Waals surface area contributed by atoms with Crippen molar-refractivity contribution in [3.8, 4) is 5.75 Å². The molecule has 0 saturated heterocycles. The predicted molar refractivity (Wildman–Crippen MR) is 105 cm³/mol. The zero-order valence-corrected chi connectivity index (χ0v) is 15.5. The number of carbonyl (C=O) groups excluding carboxylic acids is 1. The van der Waals surface area contributed by atoms with Crippen molar-refractivity contribution in [2.24, 2.45) is 0 Å².